The number of amides is 1. The monoisotopic (exact) mass is 315 g/mol. The lowest BCUT2D eigenvalue weighted by Gasteiger charge is -2.28. The highest BCUT2D eigenvalue weighted by atomic mass is 32.1. The molecule has 0 radical (unpaired) electrons. The summed E-state index contributed by atoms with van der Waals surface area (Å²) in [6, 6.07) is 7.61. The number of anilines is 1. The Labute approximate surface area is 133 Å². The lowest BCUT2D eigenvalue weighted by atomic mass is 10.1. The Morgan fingerprint density at radius 3 is 3.09 bits per heavy atom. The standard InChI is InChI=1S/C16H17N3O2S/c1-18-12-4-2-3-5-14(12)21-11-8-13(16(18)20)19(9-11)10-15-17-6-7-22-15/h2-7,11,13H,8-10H2,1H3/t11-,13-/m0/s1. The van der Waals surface area contributed by atoms with Gasteiger partial charge in [0.2, 0.25) is 5.91 Å². The molecule has 0 unspecified atom stereocenters. The number of carbonyl (C=O) groups excluding carboxylic acids is 1. The van der Waals surface area contributed by atoms with Crippen LogP contribution in [0.25, 0.3) is 0 Å². The number of nitrogens with zero attached hydrogens (tertiary/aromatic N) is 3. The Bertz CT molecular complexity index is 688. The zero-order chi connectivity index (χ0) is 15.1. The number of carbonyl (C=O) groups is 1. The van der Waals surface area contributed by atoms with Crippen LogP contribution < -0.4 is 9.64 Å². The number of para-hydroxylation sites is 2. The Hall–Kier alpha value is -1.92. The first-order valence-electron chi connectivity index (χ1n) is 7.38. The van der Waals surface area contributed by atoms with E-state index in [9.17, 15) is 4.79 Å². The molecule has 2 aliphatic rings. The smallest absolute Gasteiger partial charge is 0.244 e. The maximum Gasteiger partial charge on any atom is 0.244 e. The van der Waals surface area contributed by atoms with Crippen LogP contribution in [0.1, 0.15) is 11.4 Å². The van der Waals surface area contributed by atoms with Crippen LogP contribution in [0.2, 0.25) is 0 Å². The number of ether oxygens (including phenoxy) is 1. The molecule has 1 fully saturated rings. The van der Waals surface area contributed by atoms with E-state index < -0.39 is 0 Å². The van der Waals surface area contributed by atoms with E-state index >= 15 is 0 Å². The normalized spacial score (nSPS) is 24.6. The van der Waals surface area contributed by atoms with E-state index in [0.717, 1.165) is 29.4 Å². The summed E-state index contributed by atoms with van der Waals surface area (Å²) in [6.45, 7) is 1.47. The summed E-state index contributed by atoms with van der Waals surface area (Å²) in [4.78, 5) is 21.1. The van der Waals surface area contributed by atoms with Gasteiger partial charge in [-0.3, -0.25) is 9.69 Å². The van der Waals surface area contributed by atoms with Crippen LogP contribution in [0.3, 0.4) is 0 Å². The number of likely N-dealkylation sites (N-methyl/N-ethyl adjacent to an activating group) is 1. The average molecular weight is 315 g/mol. The number of aromatic nitrogens is 1. The minimum atomic E-state index is -0.132. The third-order valence-electron chi connectivity index (χ3n) is 4.32. The van der Waals surface area contributed by atoms with Gasteiger partial charge in [-0.1, -0.05) is 12.1 Å². The van der Waals surface area contributed by atoms with Gasteiger partial charge in [0.25, 0.3) is 0 Å². The summed E-state index contributed by atoms with van der Waals surface area (Å²) in [5.74, 6) is 0.924. The third kappa shape index (κ3) is 2.28. The van der Waals surface area contributed by atoms with E-state index in [-0.39, 0.29) is 18.1 Å². The summed E-state index contributed by atoms with van der Waals surface area (Å²) >= 11 is 1.63. The predicted molar refractivity (Wildman–Crippen MR) is 85.2 cm³/mol. The Kier molecular flexibility index (Phi) is 3.35. The maximum atomic E-state index is 12.9. The first-order chi connectivity index (χ1) is 10.7. The highest BCUT2D eigenvalue weighted by Crippen LogP contribution is 2.35. The fourth-order valence-corrected chi connectivity index (χ4v) is 3.88. The predicted octanol–water partition coefficient (Wildman–Crippen LogP) is 2.14. The summed E-state index contributed by atoms with van der Waals surface area (Å²) in [5.41, 5.74) is 0.846. The first kappa shape index (κ1) is 13.7. The van der Waals surface area contributed by atoms with Crippen molar-refractivity contribution in [1.82, 2.24) is 9.88 Å². The van der Waals surface area contributed by atoms with Crippen molar-refractivity contribution >= 4 is 22.9 Å². The van der Waals surface area contributed by atoms with E-state index in [1.165, 1.54) is 0 Å². The fraction of sp³-hybridized carbons (Fsp3) is 0.375. The van der Waals surface area contributed by atoms with Gasteiger partial charge in [-0.25, -0.2) is 4.98 Å². The molecule has 2 atom stereocenters. The number of fused-ring (bicyclic) bond motifs is 3. The number of hydrogen-bond acceptors (Lipinski definition) is 5. The van der Waals surface area contributed by atoms with E-state index in [4.69, 9.17) is 4.74 Å². The molecule has 6 heteroatoms. The molecule has 1 saturated heterocycles. The highest BCUT2D eigenvalue weighted by Gasteiger charge is 2.42. The molecule has 2 bridgehead atoms. The number of benzene rings is 1. The molecule has 0 saturated carbocycles. The zero-order valence-electron chi connectivity index (χ0n) is 12.3. The Balaban J connectivity index is 1.65. The van der Waals surface area contributed by atoms with Gasteiger partial charge in [0.1, 0.15) is 16.9 Å². The van der Waals surface area contributed by atoms with Crippen molar-refractivity contribution in [2.45, 2.75) is 25.1 Å². The number of hydrogen-bond donors (Lipinski definition) is 0. The summed E-state index contributed by atoms with van der Waals surface area (Å²) < 4.78 is 6.14. The van der Waals surface area contributed by atoms with Crippen molar-refractivity contribution in [1.29, 1.82) is 0 Å². The van der Waals surface area contributed by atoms with Gasteiger partial charge >= 0.3 is 0 Å². The molecular formula is C16H17N3O2S. The van der Waals surface area contributed by atoms with Gasteiger partial charge in [-0.05, 0) is 12.1 Å². The second-order valence-electron chi connectivity index (χ2n) is 5.71. The molecule has 3 heterocycles. The minimum Gasteiger partial charge on any atom is -0.487 e. The molecule has 114 valence electrons. The minimum absolute atomic E-state index is 0.0590. The number of likely N-dealkylation sites (tertiary alicyclic amines) is 1. The first-order valence-corrected chi connectivity index (χ1v) is 8.26. The van der Waals surface area contributed by atoms with Crippen LogP contribution in [-0.2, 0) is 11.3 Å². The molecule has 0 aliphatic carbocycles. The van der Waals surface area contributed by atoms with Crippen molar-refractivity contribution in [2.75, 3.05) is 18.5 Å². The van der Waals surface area contributed by atoms with Gasteiger partial charge in [0.15, 0.2) is 0 Å². The van der Waals surface area contributed by atoms with Crippen LogP contribution >= 0.6 is 11.3 Å². The average Bonchev–Trinajstić information content (AvgIpc) is 3.16. The summed E-state index contributed by atoms with van der Waals surface area (Å²) in [5, 5.41) is 3.01. The van der Waals surface area contributed by atoms with Crippen LogP contribution in [0.5, 0.6) is 5.75 Å². The van der Waals surface area contributed by atoms with Gasteiger partial charge in [0.05, 0.1) is 18.3 Å². The van der Waals surface area contributed by atoms with Gasteiger partial charge in [-0.15, -0.1) is 11.3 Å². The van der Waals surface area contributed by atoms with Crippen molar-refractivity contribution in [3.8, 4) is 5.75 Å². The quantitative estimate of drug-likeness (QED) is 0.852. The lowest BCUT2D eigenvalue weighted by Crippen LogP contribution is -2.44. The molecule has 2 aromatic rings. The largest absolute Gasteiger partial charge is 0.487 e. The molecule has 1 aromatic heterocycles. The van der Waals surface area contributed by atoms with E-state index in [1.54, 1.807) is 22.4 Å². The number of thiazole rings is 1. The summed E-state index contributed by atoms with van der Waals surface area (Å²) in [7, 11) is 1.82. The van der Waals surface area contributed by atoms with Crippen LogP contribution in [0.4, 0.5) is 5.69 Å². The zero-order valence-corrected chi connectivity index (χ0v) is 13.1. The molecule has 0 N–H and O–H groups in total. The van der Waals surface area contributed by atoms with Gasteiger partial charge in [0, 0.05) is 31.6 Å². The molecule has 0 spiro atoms. The molecule has 5 nitrogen and oxygen atoms in total. The van der Waals surface area contributed by atoms with Crippen molar-refractivity contribution in [2.24, 2.45) is 0 Å². The Morgan fingerprint density at radius 1 is 1.41 bits per heavy atom. The third-order valence-corrected chi connectivity index (χ3v) is 5.09. The van der Waals surface area contributed by atoms with E-state index in [2.05, 4.69) is 9.88 Å². The molecule has 22 heavy (non-hydrogen) atoms. The van der Waals surface area contributed by atoms with Crippen molar-refractivity contribution < 1.29 is 9.53 Å². The van der Waals surface area contributed by atoms with Gasteiger partial charge < -0.3 is 9.64 Å². The maximum absolute atomic E-state index is 12.9. The molecule has 1 aromatic carbocycles. The lowest BCUT2D eigenvalue weighted by molar-refractivity contribution is -0.122. The molecular weight excluding hydrogens is 298 g/mol. The molecule has 2 aliphatic heterocycles. The van der Waals surface area contributed by atoms with Crippen molar-refractivity contribution in [3.05, 3.63) is 40.8 Å². The molecule has 4 rings (SSSR count). The SMILES string of the molecule is CN1C(=O)[C@@H]2C[C@@H](CN2Cc2nccs2)Oc2ccccc21. The van der Waals surface area contributed by atoms with Crippen LogP contribution in [0, 0.1) is 0 Å². The van der Waals surface area contributed by atoms with Gasteiger partial charge in [-0.2, -0.15) is 0 Å². The molecule has 1 amide bonds. The second kappa shape index (κ2) is 5.37. The van der Waals surface area contributed by atoms with E-state index in [1.807, 2.05) is 36.7 Å². The number of rotatable bonds is 2. The highest BCUT2D eigenvalue weighted by molar-refractivity contribution is 7.09. The van der Waals surface area contributed by atoms with Crippen LogP contribution in [-0.4, -0.2) is 41.5 Å². The van der Waals surface area contributed by atoms with Crippen molar-refractivity contribution in [3.63, 3.8) is 0 Å². The topological polar surface area (TPSA) is 45.7 Å². The fourth-order valence-electron chi connectivity index (χ4n) is 3.24. The second-order valence-corrected chi connectivity index (χ2v) is 6.69. The van der Waals surface area contributed by atoms with E-state index in [0.29, 0.717) is 6.54 Å². The Morgan fingerprint density at radius 2 is 2.27 bits per heavy atom. The summed E-state index contributed by atoms with van der Waals surface area (Å²) in [6.07, 6.45) is 2.60. The van der Waals surface area contributed by atoms with Crippen LogP contribution in [0.15, 0.2) is 35.8 Å².